The van der Waals surface area contributed by atoms with Gasteiger partial charge in [-0.15, -0.1) is 0 Å². The molecule has 0 fully saturated rings. The molecule has 3 nitrogen and oxygen atoms in total. The zero-order valence-corrected chi connectivity index (χ0v) is 19.5. The Labute approximate surface area is 201 Å². The van der Waals surface area contributed by atoms with E-state index in [0.717, 1.165) is 32.9 Å². The van der Waals surface area contributed by atoms with Crippen LogP contribution in [0, 0.1) is 5.92 Å². The van der Waals surface area contributed by atoms with E-state index < -0.39 is 0 Å². The lowest BCUT2D eigenvalue weighted by atomic mass is 9.76. The van der Waals surface area contributed by atoms with Gasteiger partial charge < -0.3 is 10.1 Å². The minimum Gasteiger partial charge on any atom is -0.423 e. The van der Waals surface area contributed by atoms with Crippen LogP contribution in [0.1, 0.15) is 39.9 Å². The Hall–Kier alpha value is -3.37. The molecule has 1 aliphatic carbocycles. The number of benzene rings is 4. The first-order valence-corrected chi connectivity index (χ1v) is 12.0. The first-order valence-electron chi connectivity index (χ1n) is 11.2. The van der Waals surface area contributed by atoms with E-state index in [1.807, 2.05) is 54.6 Å². The molecule has 3 atom stereocenters. The van der Waals surface area contributed by atoms with E-state index in [2.05, 4.69) is 63.7 Å². The number of carbonyl (C=O) groups is 1. The molecule has 1 N–H and O–H groups in total. The van der Waals surface area contributed by atoms with Gasteiger partial charge >= 0.3 is 5.97 Å². The third kappa shape index (κ3) is 3.65. The van der Waals surface area contributed by atoms with Crippen LogP contribution in [-0.4, -0.2) is 5.97 Å². The minimum absolute atomic E-state index is 0.125. The lowest BCUT2D eigenvalue weighted by molar-refractivity contribution is 0.0735. The number of fused-ring (bicyclic) bond motifs is 4. The molecule has 33 heavy (non-hydrogen) atoms. The number of halogens is 1. The number of hydrogen-bond donors (Lipinski definition) is 1. The molecule has 0 bridgehead atoms. The highest BCUT2D eigenvalue weighted by atomic mass is 79.9. The second-order valence-electron chi connectivity index (χ2n) is 8.70. The number of ether oxygens (including phenoxy) is 1. The summed E-state index contributed by atoms with van der Waals surface area (Å²) in [6.07, 6.45) is 5.57. The van der Waals surface area contributed by atoms with Crippen LogP contribution < -0.4 is 10.1 Å². The standard InChI is InChI=1S/C29H22BrNO2/c30-21-14-11-19(12-15-21)27-24-8-3-7-23(24)25-9-4-10-26(28(25)31-27)29(32)33-22-16-13-18-5-1-2-6-20(18)17-22/h1-7,9-17,23-24,27,31H,8H2/t23-,24+,27-/m1/s1. The van der Waals surface area contributed by atoms with Crippen molar-refractivity contribution < 1.29 is 9.53 Å². The maximum absolute atomic E-state index is 13.3. The van der Waals surface area contributed by atoms with Crippen molar-refractivity contribution in [2.75, 3.05) is 5.32 Å². The number of nitrogens with one attached hydrogen (secondary N) is 1. The summed E-state index contributed by atoms with van der Waals surface area (Å²) in [6, 6.07) is 28.3. The predicted molar refractivity (Wildman–Crippen MR) is 136 cm³/mol. The molecule has 0 saturated heterocycles. The fourth-order valence-corrected chi connectivity index (χ4v) is 5.45. The van der Waals surface area contributed by atoms with Crippen LogP contribution in [-0.2, 0) is 0 Å². The zero-order chi connectivity index (χ0) is 22.4. The molecule has 4 aromatic carbocycles. The summed E-state index contributed by atoms with van der Waals surface area (Å²) < 4.78 is 6.90. The van der Waals surface area contributed by atoms with Crippen molar-refractivity contribution in [3.8, 4) is 5.75 Å². The summed E-state index contributed by atoms with van der Waals surface area (Å²) in [5.41, 5.74) is 3.83. The molecule has 1 heterocycles. The number of rotatable bonds is 3. The minimum atomic E-state index is -0.343. The molecular formula is C29H22BrNO2. The van der Waals surface area contributed by atoms with E-state index in [4.69, 9.17) is 4.74 Å². The van der Waals surface area contributed by atoms with Crippen molar-refractivity contribution in [2.45, 2.75) is 18.4 Å². The molecule has 4 aromatic rings. The first-order chi connectivity index (χ1) is 16.2. The number of esters is 1. The Morgan fingerprint density at radius 3 is 2.58 bits per heavy atom. The van der Waals surface area contributed by atoms with Crippen molar-refractivity contribution in [1.82, 2.24) is 0 Å². The van der Waals surface area contributed by atoms with Gasteiger partial charge in [-0.1, -0.05) is 82.7 Å². The first kappa shape index (κ1) is 20.3. The lowest BCUT2D eigenvalue weighted by Crippen LogP contribution is -2.30. The van der Waals surface area contributed by atoms with Gasteiger partial charge in [-0.25, -0.2) is 4.79 Å². The predicted octanol–water partition coefficient (Wildman–Crippen LogP) is 7.65. The van der Waals surface area contributed by atoms with Crippen LogP contribution in [0.3, 0.4) is 0 Å². The molecule has 0 saturated carbocycles. The summed E-state index contributed by atoms with van der Waals surface area (Å²) >= 11 is 3.53. The maximum atomic E-state index is 13.3. The average Bonchev–Trinajstić information content (AvgIpc) is 3.34. The van der Waals surface area contributed by atoms with Gasteiger partial charge in [0.05, 0.1) is 17.3 Å². The Balaban J connectivity index is 1.36. The van der Waals surface area contributed by atoms with Gasteiger partial charge in [0.2, 0.25) is 0 Å². The summed E-state index contributed by atoms with van der Waals surface area (Å²) in [5, 5.41) is 5.88. The van der Waals surface area contributed by atoms with Crippen molar-refractivity contribution in [3.05, 3.63) is 118 Å². The fraction of sp³-hybridized carbons (Fsp3) is 0.138. The largest absolute Gasteiger partial charge is 0.423 e. The van der Waals surface area contributed by atoms with Gasteiger partial charge in [0.25, 0.3) is 0 Å². The molecule has 0 amide bonds. The van der Waals surface area contributed by atoms with Crippen molar-refractivity contribution in [3.63, 3.8) is 0 Å². The number of carbonyl (C=O) groups excluding carboxylic acids is 1. The third-order valence-corrected chi connectivity index (χ3v) is 7.31. The molecule has 2 aliphatic rings. The molecule has 4 heteroatoms. The second kappa shape index (κ2) is 8.20. The van der Waals surface area contributed by atoms with E-state index in [9.17, 15) is 4.79 Å². The van der Waals surface area contributed by atoms with Gasteiger partial charge in [0.15, 0.2) is 0 Å². The van der Waals surface area contributed by atoms with E-state index in [1.165, 1.54) is 5.56 Å². The highest BCUT2D eigenvalue weighted by molar-refractivity contribution is 9.10. The SMILES string of the molecule is O=C(Oc1ccc2ccccc2c1)c1cccc2c1N[C@H](c1ccc(Br)cc1)[C@H]1CC=C[C@@H]21. The monoisotopic (exact) mass is 495 g/mol. The molecule has 162 valence electrons. The number of hydrogen-bond acceptors (Lipinski definition) is 3. The summed E-state index contributed by atoms with van der Waals surface area (Å²) in [5.74, 6) is 0.911. The van der Waals surface area contributed by atoms with Crippen LogP contribution in [0.2, 0.25) is 0 Å². The van der Waals surface area contributed by atoms with Gasteiger partial charge in [0.1, 0.15) is 5.75 Å². The smallest absolute Gasteiger partial charge is 0.345 e. The molecular weight excluding hydrogens is 474 g/mol. The number of allylic oxidation sites excluding steroid dienone is 2. The molecule has 0 unspecified atom stereocenters. The van der Waals surface area contributed by atoms with Crippen molar-refractivity contribution in [2.24, 2.45) is 5.92 Å². The van der Waals surface area contributed by atoms with Crippen LogP contribution >= 0.6 is 15.9 Å². The third-order valence-electron chi connectivity index (χ3n) is 6.78. The highest BCUT2D eigenvalue weighted by Crippen LogP contribution is 2.50. The van der Waals surface area contributed by atoms with Crippen LogP contribution in [0.5, 0.6) is 5.75 Å². The van der Waals surface area contributed by atoms with Crippen LogP contribution in [0.25, 0.3) is 10.8 Å². The number of anilines is 1. The van der Waals surface area contributed by atoms with Crippen molar-refractivity contribution >= 4 is 38.4 Å². The number of para-hydroxylation sites is 1. The van der Waals surface area contributed by atoms with E-state index >= 15 is 0 Å². The maximum Gasteiger partial charge on any atom is 0.345 e. The van der Waals surface area contributed by atoms with Gasteiger partial charge in [-0.05, 0) is 64.6 Å². The Morgan fingerprint density at radius 2 is 1.73 bits per heavy atom. The summed E-state index contributed by atoms with van der Waals surface area (Å²) in [6.45, 7) is 0. The van der Waals surface area contributed by atoms with E-state index in [1.54, 1.807) is 0 Å². The molecule has 1 aliphatic heterocycles. The Bertz CT molecular complexity index is 1390. The zero-order valence-electron chi connectivity index (χ0n) is 17.9. The van der Waals surface area contributed by atoms with Crippen LogP contribution in [0.15, 0.2) is 102 Å². The van der Waals surface area contributed by atoms with Gasteiger partial charge in [-0.3, -0.25) is 0 Å². The Kier molecular flexibility index (Phi) is 5.03. The molecule has 0 radical (unpaired) electrons. The molecule has 0 aromatic heterocycles. The quantitative estimate of drug-likeness (QED) is 0.180. The second-order valence-corrected chi connectivity index (χ2v) is 9.61. The normalized spacial score (nSPS) is 20.7. The summed E-state index contributed by atoms with van der Waals surface area (Å²) in [7, 11) is 0. The summed E-state index contributed by atoms with van der Waals surface area (Å²) in [4.78, 5) is 13.3. The van der Waals surface area contributed by atoms with Crippen molar-refractivity contribution in [1.29, 1.82) is 0 Å². The van der Waals surface area contributed by atoms with Gasteiger partial charge in [-0.2, -0.15) is 0 Å². The highest BCUT2D eigenvalue weighted by Gasteiger charge is 2.39. The average molecular weight is 496 g/mol. The Morgan fingerprint density at radius 1 is 0.909 bits per heavy atom. The topological polar surface area (TPSA) is 38.3 Å². The van der Waals surface area contributed by atoms with Crippen LogP contribution in [0.4, 0.5) is 5.69 Å². The molecule has 6 rings (SSSR count). The van der Waals surface area contributed by atoms with E-state index in [-0.39, 0.29) is 17.9 Å². The van der Waals surface area contributed by atoms with E-state index in [0.29, 0.717) is 17.2 Å². The molecule has 0 spiro atoms. The fourth-order valence-electron chi connectivity index (χ4n) is 5.18. The van der Waals surface area contributed by atoms with Gasteiger partial charge in [0, 0.05) is 10.4 Å². The lowest BCUT2D eigenvalue weighted by Gasteiger charge is -2.38.